The molecule has 0 aromatic heterocycles. The molecule has 2 aromatic carbocycles. The summed E-state index contributed by atoms with van der Waals surface area (Å²) in [7, 11) is -3.53. The van der Waals surface area contributed by atoms with E-state index >= 15 is 0 Å². The summed E-state index contributed by atoms with van der Waals surface area (Å²) in [5.41, 5.74) is 3.19. The Bertz CT molecular complexity index is 944. The van der Waals surface area contributed by atoms with Crippen molar-refractivity contribution in [2.24, 2.45) is 5.92 Å². The van der Waals surface area contributed by atoms with Gasteiger partial charge in [-0.05, 0) is 61.1 Å². The van der Waals surface area contributed by atoms with E-state index in [1.54, 1.807) is 24.3 Å². The van der Waals surface area contributed by atoms with Crippen LogP contribution in [0, 0.1) is 5.92 Å². The van der Waals surface area contributed by atoms with E-state index in [0.29, 0.717) is 25.9 Å². The van der Waals surface area contributed by atoms with Gasteiger partial charge in [0.1, 0.15) is 0 Å². The van der Waals surface area contributed by atoms with E-state index in [4.69, 9.17) is 0 Å². The zero-order valence-corrected chi connectivity index (χ0v) is 19.2. The molecule has 1 fully saturated rings. The van der Waals surface area contributed by atoms with Crippen LogP contribution in [-0.2, 0) is 27.7 Å². The number of piperidine rings is 1. The van der Waals surface area contributed by atoms with Gasteiger partial charge in [0.15, 0.2) is 0 Å². The summed E-state index contributed by atoms with van der Waals surface area (Å²) in [6.07, 6.45) is 2.76. The first-order valence-electron chi connectivity index (χ1n) is 10.0. The first-order valence-corrected chi connectivity index (χ1v) is 12.3. The van der Waals surface area contributed by atoms with Crippen molar-refractivity contribution in [3.05, 3.63) is 58.1 Å². The topological polar surface area (TPSA) is 66.5 Å². The minimum absolute atomic E-state index is 0.0127. The van der Waals surface area contributed by atoms with Crippen LogP contribution in [0.2, 0.25) is 0 Å². The molecule has 0 spiro atoms. The van der Waals surface area contributed by atoms with Crippen molar-refractivity contribution in [2.75, 3.05) is 18.4 Å². The number of carbonyl (C=O) groups is 1. The molecule has 7 heteroatoms. The predicted molar refractivity (Wildman–Crippen MR) is 119 cm³/mol. The van der Waals surface area contributed by atoms with Gasteiger partial charge in [-0.2, -0.15) is 4.31 Å². The molecule has 156 valence electrons. The highest BCUT2D eigenvalue weighted by atomic mass is 79.9. The van der Waals surface area contributed by atoms with Gasteiger partial charge in [0, 0.05) is 29.2 Å². The van der Waals surface area contributed by atoms with Gasteiger partial charge in [-0.3, -0.25) is 4.79 Å². The smallest absolute Gasteiger partial charge is 0.243 e. The maximum Gasteiger partial charge on any atom is 0.243 e. The summed E-state index contributed by atoms with van der Waals surface area (Å²) in [5.74, 6) is -0.192. The monoisotopic (exact) mass is 478 g/mol. The van der Waals surface area contributed by atoms with Gasteiger partial charge in [0.2, 0.25) is 15.9 Å². The maximum atomic E-state index is 12.9. The number of benzene rings is 2. The van der Waals surface area contributed by atoms with Crippen LogP contribution in [0.15, 0.2) is 51.8 Å². The first-order chi connectivity index (χ1) is 13.9. The fraction of sp³-hybridized carbons (Fsp3) is 0.409. The fourth-order valence-electron chi connectivity index (χ4n) is 3.74. The van der Waals surface area contributed by atoms with Gasteiger partial charge < -0.3 is 5.32 Å². The number of aryl methyl sites for hydroxylation is 2. The van der Waals surface area contributed by atoms with Crippen LogP contribution >= 0.6 is 15.9 Å². The molecule has 0 unspecified atom stereocenters. The molecule has 0 atom stereocenters. The van der Waals surface area contributed by atoms with Crippen LogP contribution in [-0.4, -0.2) is 31.7 Å². The Morgan fingerprint density at radius 1 is 1.03 bits per heavy atom. The van der Waals surface area contributed by atoms with Crippen LogP contribution in [0.3, 0.4) is 0 Å². The molecule has 0 aliphatic carbocycles. The minimum Gasteiger partial charge on any atom is -0.325 e. The summed E-state index contributed by atoms with van der Waals surface area (Å²) >= 11 is 3.33. The molecule has 5 nitrogen and oxygen atoms in total. The Balaban J connectivity index is 1.67. The average Bonchev–Trinajstić information content (AvgIpc) is 2.74. The molecule has 0 bridgehead atoms. The third-order valence-corrected chi connectivity index (χ3v) is 7.96. The molecule has 0 radical (unpaired) electrons. The number of para-hydroxylation sites is 1. The van der Waals surface area contributed by atoms with Crippen LogP contribution in [0.25, 0.3) is 0 Å². The number of carbonyl (C=O) groups excluding carboxylic acids is 1. The number of nitrogens with one attached hydrogen (secondary N) is 1. The highest BCUT2D eigenvalue weighted by Gasteiger charge is 2.32. The van der Waals surface area contributed by atoms with Crippen molar-refractivity contribution in [3.63, 3.8) is 0 Å². The van der Waals surface area contributed by atoms with Gasteiger partial charge in [-0.1, -0.05) is 48.0 Å². The third kappa shape index (κ3) is 4.90. The van der Waals surface area contributed by atoms with E-state index in [1.807, 2.05) is 18.2 Å². The first kappa shape index (κ1) is 22.0. The Hall–Kier alpha value is -1.70. The van der Waals surface area contributed by atoms with Gasteiger partial charge >= 0.3 is 0 Å². The highest BCUT2D eigenvalue weighted by molar-refractivity contribution is 9.10. The number of nitrogens with zero attached hydrogens (tertiary/aromatic N) is 1. The SMILES string of the molecule is CCc1cccc(CC)c1NC(=O)C1CCN(S(=O)(=O)c2ccc(Br)cc2)CC1. The summed E-state index contributed by atoms with van der Waals surface area (Å²) < 4.78 is 28.0. The van der Waals surface area contributed by atoms with Crippen molar-refractivity contribution in [3.8, 4) is 0 Å². The molecule has 1 heterocycles. The lowest BCUT2D eigenvalue weighted by molar-refractivity contribution is -0.120. The lowest BCUT2D eigenvalue weighted by Gasteiger charge is -2.31. The van der Waals surface area contributed by atoms with Crippen molar-refractivity contribution < 1.29 is 13.2 Å². The van der Waals surface area contributed by atoms with Crippen LogP contribution in [0.4, 0.5) is 5.69 Å². The van der Waals surface area contributed by atoms with E-state index in [2.05, 4.69) is 35.1 Å². The second-order valence-corrected chi connectivity index (χ2v) is 10.1. The van der Waals surface area contributed by atoms with E-state index in [-0.39, 0.29) is 16.7 Å². The van der Waals surface area contributed by atoms with Crippen molar-refractivity contribution in [1.29, 1.82) is 0 Å². The summed E-state index contributed by atoms with van der Waals surface area (Å²) in [6, 6.07) is 12.8. The van der Waals surface area contributed by atoms with E-state index in [0.717, 1.165) is 34.1 Å². The number of rotatable bonds is 6. The molecule has 1 aliphatic heterocycles. The van der Waals surface area contributed by atoms with Gasteiger partial charge in [-0.25, -0.2) is 8.42 Å². The van der Waals surface area contributed by atoms with Crippen LogP contribution in [0.1, 0.15) is 37.8 Å². The summed E-state index contributed by atoms with van der Waals surface area (Å²) in [4.78, 5) is 13.2. The van der Waals surface area contributed by atoms with E-state index in [1.165, 1.54) is 4.31 Å². The quantitative estimate of drug-likeness (QED) is 0.658. The van der Waals surface area contributed by atoms with E-state index in [9.17, 15) is 13.2 Å². The minimum atomic E-state index is -3.53. The standard InChI is InChI=1S/C22H27BrN2O3S/c1-3-16-6-5-7-17(4-2)21(16)24-22(26)18-12-14-25(15-13-18)29(27,28)20-10-8-19(23)9-11-20/h5-11,18H,3-4,12-15H2,1-2H3,(H,24,26). The Morgan fingerprint density at radius 2 is 1.59 bits per heavy atom. The van der Waals surface area contributed by atoms with Crippen LogP contribution < -0.4 is 5.32 Å². The predicted octanol–water partition coefficient (Wildman–Crippen LogP) is 4.61. The Labute approximate surface area is 181 Å². The van der Waals surface area contributed by atoms with Crippen molar-refractivity contribution in [2.45, 2.75) is 44.4 Å². The van der Waals surface area contributed by atoms with Gasteiger partial charge in [0.25, 0.3) is 0 Å². The third-order valence-electron chi connectivity index (χ3n) is 5.52. The molecular formula is C22H27BrN2O3S. The lowest BCUT2D eigenvalue weighted by atomic mass is 9.96. The molecule has 2 aromatic rings. The number of hydrogen-bond donors (Lipinski definition) is 1. The lowest BCUT2D eigenvalue weighted by Crippen LogP contribution is -2.41. The average molecular weight is 479 g/mol. The number of anilines is 1. The Kier molecular flexibility index (Phi) is 7.14. The van der Waals surface area contributed by atoms with E-state index < -0.39 is 10.0 Å². The van der Waals surface area contributed by atoms with Crippen molar-refractivity contribution >= 4 is 37.5 Å². The van der Waals surface area contributed by atoms with Gasteiger partial charge in [0.05, 0.1) is 4.90 Å². The van der Waals surface area contributed by atoms with Crippen LogP contribution in [0.5, 0.6) is 0 Å². The largest absolute Gasteiger partial charge is 0.325 e. The molecule has 1 N–H and O–H groups in total. The zero-order valence-electron chi connectivity index (χ0n) is 16.8. The molecule has 3 rings (SSSR count). The molecule has 29 heavy (non-hydrogen) atoms. The maximum absolute atomic E-state index is 12.9. The number of sulfonamides is 1. The number of amides is 1. The number of hydrogen-bond acceptors (Lipinski definition) is 3. The summed E-state index contributed by atoms with van der Waals surface area (Å²) in [6.45, 7) is 4.87. The summed E-state index contributed by atoms with van der Waals surface area (Å²) in [5, 5.41) is 3.13. The molecule has 1 aliphatic rings. The molecular weight excluding hydrogens is 452 g/mol. The van der Waals surface area contributed by atoms with Crippen molar-refractivity contribution in [1.82, 2.24) is 4.31 Å². The Morgan fingerprint density at radius 3 is 2.10 bits per heavy atom. The second kappa shape index (κ2) is 9.41. The fourth-order valence-corrected chi connectivity index (χ4v) is 5.48. The zero-order chi connectivity index (χ0) is 21.0. The van der Waals surface area contributed by atoms with Gasteiger partial charge in [-0.15, -0.1) is 0 Å². The highest BCUT2D eigenvalue weighted by Crippen LogP contribution is 2.28. The molecule has 1 amide bonds. The second-order valence-electron chi connectivity index (χ2n) is 7.28. The normalized spacial score (nSPS) is 16.0. The number of halogens is 1. The molecule has 1 saturated heterocycles. The molecule has 0 saturated carbocycles.